The van der Waals surface area contributed by atoms with Crippen LogP contribution in [-0.4, -0.2) is 43.5 Å². The summed E-state index contributed by atoms with van der Waals surface area (Å²) >= 11 is 6.10. The van der Waals surface area contributed by atoms with Gasteiger partial charge in [-0.2, -0.15) is 0 Å². The van der Waals surface area contributed by atoms with Crippen LogP contribution in [0.25, 0.3) is 10.9 Å². The topological polar surface area (TPSA) is 56.0 Å². The van der Waals surface area contributed by atoms with Crippen molar-refractivity contribution in [3.05, 3.63) is 47.9 Å². The van der Waals surface area contributed by atoms with Gasteiger partial charge in [-0.15, -0.1) is 5.10 Å². The molecular weight excluding hydrogens is 338 g/mol. The summed E-state index contributed by atoms with van der Waals surface area (Å²) in [4.78, 5) is 14.8. The molecule has 2 aromatic heterocycles. The minimum absolute atomic E-state index is 0.153. The van der Waals surface area contributed by atoms with E-state index in [-0.39, 0.29) is 5.91 Å². The van der Waals surface area contributed by atoms with Crippen molar-refractivity contribution >= 4 is 28.4 Å². The van der Waals surface area contributed by atoms with Crippen LogP contribution in [0.5, 0.6) is 0 Å². The number of halogens is 1. The Kier molecular flexibility index (Phi) is 4.44. The van der Waals surface area contributed by atoms with Crippen LogP contribution in [0, 0.1) is 5.92 Å². The maximum Gasteiger partial charge on any atom is 0.242 e. The van der Waals surface area contributed by atoms with Gasteiger partial charge < -0.3 is 9.47 Å². The number of fused-ring (bicyclic) bond motifs is 1. The predicted molar refractivity (Wildman–Crippen MR) is 96.3 cm³/mol. The zero-order valence-electron chi connectivity index (χ0n) is 13.9. The molecule has 0 radical (unpaired) electrons. The van der Waals surface area contributed by atoms with E-state index in [1.165, 1.54) is 0 Å². The Balaban J connectivity index is 1.44. The summed E-state index contributed by atoms with van der Waals surface area (Å²) in [6.45, 7) is 2.76. The Bertz CT molecular complexity index is 873. The molecule has 1 aromatic carbocycles. The molecule has 1 saturated heterocycles. The minimum atomic E-state index is 0.153. The average molecular weight is 358 g/mol. The standard InChI is InChI=1S/C18H20ClN5O/c19-16-4-3-15-5-8-22(17(15)10-16)13-18(25)23-7-1-2-14(11-23)12-24-9-6-20-21-24/h3-6,8-10,14H,1-2,7,11-13H2. The van der Waals surface area contributed by atoms with Crippen molar-refractivity contribution < 1.29 is 4.79 Å². The molecule has 6 nitrogen and oxygen atoms in total. The highest BCUT2D eigenvalue weighted by molar-refractivity contribution is 6.31. The van der Waals surface area contributed by atoms with E-state index < -0.39 is 0 Å². The van der Waals surface area contributed by atoms with Crippen LogP contribution in [0.2, 0.25) is 5.02 Å². The maximum absolute atomic E-state index is 12.8. The van der Waals surface area contributed by atoms with Crippen LogP contribution in [0.1, 0.15) is 12.8 Å². The van der Waals surface area contributed by atoms with Gasteiger partial charge in [0.2, 0.25) is 5.91 Å². The van der Waals surface area contributed by atoms with Crippen molar-refractivity contribution in [3.63, 3.8) is 0 Å². The average Bonchev–Trinajstić information content (AvgIpc) is 3.25. The fourth-order valence-corrected chi connectivity index (χ4v) is 3.74. The van der Waals surface area contributed by atoms with Crippen molar-refractivity contribution in [2.24, 2.45) is 5.92 Å². The van der Waals surface area contributed by atoms with E-state index in [0.29, 0.717) is 17.5 Å². The molecule has 0 saturated carbocycles. The fraction of sp³-hybridized carbons (Fsp3) is 0.389. The smallest absolute Gasteiger partial charge is 0.242 e. The van der Waals surface area contributed by atoms with Gasteiger partial charge in [-0.05, 0) is 42.3 Å². The third-order valence-corrected chi connectivity index (χ3v) is 5.07. The Labute approximate surface area is 151 Å². The molecular formula is C18H20ClN5O. The van der Waals surface area contributed by atoms with Crippen LogP contribution in [-0.2, 0) is 17.9 Å². The van der Waals surface area contributed by atoms with E-state index in [2.05, 4.69) is 10.3 Å². The van der Waals surface area contributed by atoms with Crippen LogP contribution in [0.3, 0.4) is 0 Å². The number of rotatable bonds is 4. The largest absolute Gasteiger partial charge is 0.341 e. The first-order chi connectivity index (χ1) is 12.2. The number of aromatic nitrogens is 4. The minimum Gasteiger partial charge on any atom is -0.341 e. The molecule has 1 aliphatic heterocycles. The van der Waals surface area contributed by atoms with E-state index in [1.807, 2.05) is 50.8 Å². The van der Waals surface area contributed by atoms with Gasteiger partial charge >= 0.3 is 0 Å². The normalized spacial score (nSPS) is 18.0. The van der Waals surface area contributed by atoms with Crippen LogP contribution in [0.4, 0.5) is 0 Å². The van der Waals surface area contributed by atoms with E-state index in [9.17, 15) is 4.79 Å². The molecule has 4 rings (SSSR count). The molecule has 0 bridgehead atoms. The lowest BCUT2D eigenvalue weighted by atomic mass is 9.98. The van der Waals surface area contributed by atoms with Crippen molar-refractivity contribution in [2.45, 2.75) is 25.9 Å². The second-order valence-corrected chi connectivity index (χ2v) is 7.06. The Hall–Kier alpha value is -2.34. The van der Waals surface area contributed by atoms with Gasteiger partial charge in [-0.25, -0.2) is 0 Å². The number of piperidine rings is 1. The maximum atomic E-state index is 12.8. The molecule has 1 aliphatic rings. The molecule has 130 valence electrons. The number of carbonyl (C=O) groups is 1. The van der Waals surface area contributed by atoms with Gasteiger partial charge in [0.05, 0.1) is 6.20 Å². The third-order valence-electron chi connectivity index (χ3n) is 4.83. The first kappa shape index (κ1) is 16.1. The molecule has 25 heavy (non-hydrogen) atoms. The number of likely N-dealkylation sites (tertiary alicyclic amines) is 1. The van der Waals surface area contributed by atoms with Gasteiger partial charge in [0.15, 0.2) is 0 Å². The zero-order chi connectivity index (χ0) is 17.2. The summed E-state index contributed by atoms with van der Waals surface area (Å²) in [5.74, 6) is 0.580. The molecule has 1 unspecified atom stereocenters. The summed E-state index contributed by atoms with van der Waals surface area (Å²) in [6, 6.07) is 7.78. The van der Waals surface area contributed by atoms with E-state index in [4.69, 9.17) is 11.6 Å². The highest BCUT2D eigenvalue weighted by Gasteiger charge is 2.24. The SMILES string of the molecule is O=C(Cn1ccc2ccc(Cl)cc21)N1CCCC(Cn2ccnn2)C1. The van der Waals surface area contributed by atoms with Crippen molar-refractivity contribution in [1.29, 1.82) is 0 Å². The summed E-state index contributed by atoms with van der Waals surface area (Å²) < 4.78 is 3.82. The third kappa shape index (κ3) is 3.54. The Morgan fingerprint density at radius 1 is 1.28 bits per heavy atom. The van der Waals surface area contributed by atoms with Crippen molar-refractivity contribution in [1.82, 2.24) is 24.5 Å². The van der Waals surface area contributed by atoms with Gasteiger partial charge in [0.1, 0.15) is 6.54 Å². The van der Waals surface area contributed by atoms with Gasteiger partial charge in [0.25, 0.3) is 0 Å². The molecule has 1 atom stereocenters. The second kappa shape index (κ2) is 6.88. The monoisotopic (exact) mass is 357 g/mol. The summed E-state index contributed by atoms with van der Waals surface area (Å²) in [7, 11) is 0. The van der Waals surface area contributed by atoms with E-state index in [1.54, 1.807) is 6.20 Å². The quantitative estimate of drug-likeness (QED) is 0.721. The lowest BCUT2D eigenvalue weighted by molar-refractivity contribution is -0.133. The van der Waals surface area contributed by atoms with Crippen molar-refractivity contribution in [3.8, 4) is 0 Å². The Morgan fingerprint density at radius 3 is 3.04 bits per heavy atom. The lowest BCUT2D eigenvalue weighted by Crippen LogP contribution is -2.42. The molecule has 3 heterocycles. The van der Waals surface area contributed by atoms with Crippen LogP contribution < -0.4 is 0 Å². The van der Waals surface area contributed by atoms with Gasteiger partial charge in [-0.3, -0.25) is 9.48 Å². The zero-order valence-corrected chi connectivity index (χ0v) is 14.6. The molecule has 3 aromatic rings. The van der Waals surface area contributed by atoms with Crippen LogP contribution in [0.15, 0.2) is 42.9 Å². The van der Waals surface area contributed by atoms with E-state index >= 15 is 0 Å². The molecule has 1 amide bonds. The predicted octanol–water partition coefficient (Wildman–Crippen LogP) is 2.83. The lowest BCUT2D eigenvalue weighted by Gasteiger charge is -2.32. The van der Waals surface area contributed by atoms with E-state index in [0.717, 1.165) is 43.4 Å². The number of amides is 1. The summed E-state index contributed by atoms with van der Waals surface area (Å²) in [6.07, 6.45) is 7.66. The fourth-order valence-electron chi connectivity index (χ4n) is 3.58. The number of hydrogen-bond donors (Lipinski definition) is 0. The highest BCUT2D eigenvalue weighted by Crippen LogP contribution is 2.22. The highest BCUT2D eigenvalue weighted by atomic mass is 35.5. The molecule has 0 aliphatic carbocycles. The first-order valence-corrected chi connectivity index (χ1v) is 8.93. The summed E-state index contributed by atoms with van der Waals surface area (Å²) in [5, 5.41) is 9.66. The Morgan fingerprint density at radius 2 is 2.20 bits per heavy atom. The first-order valence-electron chi connectivity index (χ1n) is 8.55. The molecule has 0 N–H and O–H groups in total. The number of benzene rings is 1. The number of nitrogens with zero attached hydrogens (tertiary/aromatic N) is 5. The van der Waals surface area contributed by atoms with Gasteiger partial charge in [0, 0.05) is 42.6 Å². The molecule has 0 spiro atoms. The number of carbonyl (C=O) groups excluding carboxylic acids is 1. The molecule has 7 heteroatoms. The number of hydrogen-bond acceptors (Lipinski definition) is 3. The van der Waals surface area contributed by atoms with Crippen LogP contribution >= 0.6 is 11.6 Å². The summed E-state index contributed by atoms with van der Waals surface area (Å²) in [5.41, 5.74) is 0.997. The molecule has 1 fully saturated rings. The second-order valence-electron chi connectivity index (χ2n) is 6.62. The van der Waals surface area contributed by atoms with Gasteiger partial charge in [-0.1, -0.05) is 22.9 Å². The van der Waals surface area contributed by atoms with Crippen molar-refractivity contribution in [2.75, 3.05) is 13.1 Å².